The summed E-state index contributed by atoms with van der Waals surface area (Å²) < 4.78 is 51.6. The highest BCUT2D eigenvalue weighted by atomic mass is 32.2. The zero-order chi connectivity index (χ0) is 22.2. The van der Waals surface area contributed by atoms with Crippen LogP contribution < -0.4 is 4.74 Å². The first-order valence-corrected chi connectivity index (χ1v) is 12.3. The van der Waals surface area contributed by atoms with Gasteiger partial charge in [-0.1, -0.05) is 24.3 Å². The van der Waals surface area contributed by atoms with Crippen LogP contribution in [0.1, 0.15) is 48.8 Å². The summed E-state index contributed by atoms with van der Waals surface area (Å²) in [6.45, 7) is 3.43. The van der Waals surface area contributed by atoms with Crippen molar-refractivity contribution in [3.63, 3.8) is 0 Å². The molecule has 0 radical (unpaired) electrons. The Morgan fingerprint density at radius 3 is 2.74 bits per heavy atom. The zero-order valence-corrected chi connectivity index (χ0v) is 18.6. The molecule has 6 nitrogen and oxygen atoms in total. The summed E-state index contributed by atoms with van der Waals surface area (Å²) in [5, 5.41) is 0. The minimum absolute atomic E-state index is 0.00701. The van der Waals surface area contributed by atoms with Gasteiger partial charge in [-0.3, -0.25) is 9.45 Å². The molecule has 1 N–H and O–H groups in total. The van der Waals surface area contributed by atoms with Crippen molar-refractivity contribution in [2.45, 2.75) is 50.3 Å². The van der Waals surface area contributed by atoms with Crippen LogP contribution in [0.2, 0.25) is 0 Å². The largest absolute Gasteiger partial charge is 0.467 e. The van der Waals surface area contributed by atoms with Gasteiger partial charge in [-0.25, -0.2) is 4.39 Å². The Morgan fingerprint density at radius 1 is 1.23 bits per heavy atom. The minimum atomic E-state index is -3.67. The Bertz CT molecular complexity index is 1050. The highest BCUT2D eigenvalue weighted by Crippen LogP contribution is 2.48. The minimum Gasteiger partial charge on any atom is -0.467 e. The van der Waals surface area contributed by atoms with Crippen molar-refractivity contribution in [2.24, 2.45) is 0 Å². The molecule has 31 heavy (non-hydrogen) atoms. The predicted molar refractivity (Wildman–Crippen MR) is 115 cm³/mol. The molecule has 5 rings (SSSR count). The predicted octanol–water partition coefficient (Wildman–Crippen LogP) is 4.06. The molecule has 168 valence electrons. The highest BCUT2D eigenvalue weighted by molar-refractivity contribution is 7.85. The molecule has 2 aromatic carbocycles. The fraction of sp³-hybridized carbons (Fsp3) is 0.478. The summed E-state index contributed by atoms with van der Waals surface area (Å²) in [6, 6.07) is 13.6. The Morgan fingerprint density at radius 2 is 1.97 bits per heavy atom. The SMILES string of the molecule is CS(=O)(=O)O.C[C@@]1(N2C[C@H]3CC2OCOc2ccc(F)cc23)CCCc2ccccc21. The normalized spacial score (nSPS) is 27.6. The molecule has 1 saturated heterocycles. The van der Waals surface area contributed by atoms with Gasteiger partial charge in [0.05, 0.1) is 6.26 Å². The van der Waals surface area contributed by atoms with Gasteiger partial charge in [0.2, 0.25) is 0 Å². The lowest BCUT2D eigenvalue weighted by Gasteiger charge is -2.45. The van der Waals surface area contributed by atoms with E-state index in [2.05, 4.69) is 36.1 Å². The van der Waals surface area contributed by atoms with Crippen LogP contribution in [-0.2, 0) is 26.8 Å². The van der Waals surface area contributed by atoms with Gasteiger partial charge in [0.15, 0.2) is 6.79 Å². The van der Waals surface area contributed by atoms with E-state index in [1.807, 2.05) is 0 Å². The van der Waals surface area contributed by atoms with E-state index < -0.39 is 10.1 Å². The third-order valence-corrected chi connectivity index (χ3v) is 6.48. The van der Waals surface area contributed by atoms with Crippen LogP contribution in [0, 0.1) is 5.82 Å². The number of halogens is 1. The number of hydrogen-bond donors (Lipinski definition) is 1. The lowest BCUT2D eigenvalue weighted by Crippen LogP contribution is -2.49. The van der Waals surface area contributed by atoms with E-state index in [-0.39, 0.29) is 30.3 Å². The quantitative estimate of drug-likeness (QED) is 0.662. The maximum absolute atomic E-state index is 13.9. The van der Waals surface area contributed by atoms with E-state index in [1.54, 1.807) is 12.1 Å². The van der Waals surface area contributed by atoms with Crippen LogP contribution in [0.4, 0.5) is 4.39 Å². The van der Waals surface area contributed by atoms with Crippen LogP contribution in [0.5, 0.6) is 5.75 Å². The maximum atomic E-state index is 13.9. The molecule has 0 aromatic heterocycles. The van der Waals surface area contributed by atoms with Gasteiger partial charge in [-0.15, -0.1) is 0 Å². The number of aryl methyl sites for hydroxylation is 1. The first kappa shape index (κ1) is 22.2. The first-order valence-electron chi connectivity index (χ1n) is 10.5. The number of hydrogen-bond acceptors (Lipinski definition) is 5. The average molecular weight is 450 g/mol. The summed E-state index contributed by atoms with van der Waals surface area (Å²) >= 11 is 0. The van der Waals surface area contributed by atoms with Crippen LogP contribution in [0.3, 0.4) is 0 Å². The van der Waals surface area contributed by atoms with Gasteiger partial charge in [-0.05, 0) is 61.9 Å². The second-order valence-electron chi connectivity index (χ2n) is 8.67. The smallest absolute Gasteiger partial charge is 0.261 e. The third kappa shape index (κ3) is 4.77. The third-order valence-electron chi connectivity index (χ3n) is 6.48. The van der Waals surface area contributed by atoms with E-state index in [0.29, 0.717) is 6.26 Å². The Labute approximate surface area is 182 Å². The van der Waals surface area contributed by atoms with Crippen LogP contribution in [0.15, 0.2) is 42.5 Å². The molecule has 0 amide bonds. The maximum Gasteiger partial charge on any atom is 0.261 e. The standard InChI is InChI=1S/C22H24FNO2.CH4O3S/c1-22(10-4-6-15-5-2-3-7-19(15)22)24-13-16-11-21(24)26-14-25-20-9-8-17(23)12-18(16)20;1-5(2,3)4/h2-3,5,7-9,12,16,21H,4,6,10-11,13-14H2,1H3;1H3,(H,2,3,4)/t16-,21?,22-;/m1./s1. The van der Waals surface area contributed by atoms with E-state index in [0.717, 1.165) is 37.1 Å². The molecular formula is C23H28FNO5S. The van der Waals surface area contributed by atoms with E-state index in [1.165, 1.54) is 23.6 Å². The molecule has 1 unspecified atom stereocenters. The number of benzene rings is 2. The van der Waals surface area contributed by atoms with Gasteiger partial charge < -0.3 is 9.47 Å². The molecule has 2 heterocycles. The highest BCUT2D eigenvalue weighted by Gasteiger charge is 2.47. The molecule has 3 aliphatic rings. The summed E-state index contributed by atoms with van der Waals surface area (Å²) in [7, 11) is -3.67. The summed E-state index contributed by atoms with van der Waals surface area (Å²) in [6.07, 6.45) is 5.06. The van der Waals surface area contributed by atoms with E-state index >= 15 is 0 Å². The Hall–Kier alpha value is -2.00. The van der Waals surface area contributed by atoms with Gasteiger partial charge in [0, 0.05) is 23.6 Å². The first-order chi connectivity index (χ1) is 14.6. The van der Waals surface area contributed by atoms with Gasteiger partial charge in [0.25, 0.3) is 10.1 Å². The van der Waals surface area contributed by atoms with Crippen LogP contribution >= 0.6 is 0 Å². The molecule has 3 atom stereocenters. The number of fused-ring (bicyclic) bond motifs is 5. The number of nitrogens with zero attached hydrogens (tertiary/aromatic N) is 1. The molecule has 2 aromatic rings. The summed E-state index contributed by atoms with van der Waals surface area (Å²) in [5.41, 5.74) is 3.79. The van der Waals surface area contributed by atoms with Gasteiger partial charge in [0.1, 0.15) is 17.8 Å². The molecule has 1 fully saturated rings. The van der Waals surface area contributed by atoms with Crippen molar-refractivity contribution in [2.75, 3.05) is 19.6 Å². The molecule has 8 heteroatoms. The van der Waals surface area contributed by atoms with E-state index in [9.17, 15) is 12.8 Å². The molecule has 1 aliphatic carbocycles. The fourth-order valence-corrected chi connectivity index (χ4v) is 5.17. The molecule has 0 saturated carbocycles. The number of rotatable bonds is 1. The average Bonchev–Trinajstić information content (AvgIpc) is 3.14. The van der Waals surface area contributed by atoms with Gasteiger partial charge >= 0.3 is 0 Å². The summed E-state index contributed by atoms with van der Waals surface area (Å²) in [5.74, 6) is 0.792. The summed E-state index contributed by atoms with van der Waals surface area (Å²) in [4.78, 5) is 2.50. The van der Waals surface area contributed by atoms with Gasteiger partial charge in [-0.2, -0.15) is 8.42 Å². The second-order valence-corrected chi connectivity index (χ2v) is 10.1. The topological polar surface area (TPSA) is 76.1 Å². The lowest BCUT2D eigenvalue weighted by atomic mass is 9.76. The van der Waals surface area contributed by atoms with Crippen molar-refractivity contribution in [3.8, 4) is 5.75 Å². The van der Waals surface area contributed by atoms with Crippen molar-refractivity contribution < 1.29 is 26.8 Å². The Balaban J connectivity index is 0.000000418. The monoisotopic (exact) mass is 449 g/mol. The number of likely N-dealkylation sites (tertiary alicyclic amines) is 1. The molecular weight excluding hydrogens is 421 g/mol. The molecule has 2 bridgehead atoms. The lowest BCUT2D eigenvalue weighted by molar-refractivity contribution is -0.128. The Kier molecular flexibility index (Phi) is 6.09. The second kappa shape index (κ2) is 8.50. The van der Waals surface area contributed by atoms with Crippen molar-refractivity contribution in [1.29, 1.82) is 0 Å². The molecule has 2 aliphatic heterocycles. The van der Waals surface area contributed by atoms with Crippen LogP contribution in [0.25, 0.3) is 0 Å². The fourth-order valence-electron chi connectivity index (χ4n) is 5.17. The number of ether oxygens (including phenoxy) is 2. The van der Waals surface area contributed by atoms with Crippen molar-refractivity contribution in [3.05, 3.63) is 65.0 Å². The van der Waals surface area contributed by atoms with Crippen molar-refractivity contribution in [1.82, 2.24) is 4.90 Å². The van der Waals surface area contributed by atoms with Crippen LogP contribution in [-0.4, -0.2) is 43.7 Å². The zero-order valence-electron chi connectivity index (χ0n) is 17.8. The van der Waals surface area contributed by atoms with E-state index in [4.69, 9.17) is 14.0 Å². The van der Waals surface area contributed by atoms with Crippen molar-refractivity contribution >= 4 is 10.1 Å². The molecule has 0 spiro atoms.